The van der Waals surface area contributed by atoms with Crippen LogP contribution in [0, 0.1) is 12.3 Å². The Morgan fingerprint density at radius 2 is 1.73 bits per heavy atom. The van der Waals surface area contributed by atoms with Gasteiger partial charge in [-0.05, 0) is 36.4 Å². The lowest BCUT2D eigenvalue weighted by Gasteiger charge is -2.10. The molecule has 0 bridgehead atoms. The van der Waals surface area contributed by atoms with Gasteiger partial charge in [0.2, 0.25) is 5.43 Å². The van der Waals surface area contributed by atoms with Crippen LogP contribution in [0.2, 0.25) is 0 Å². The number of nitrogens with zero attached hydrogens (tertiary/aromatic N) is 4. The van der Waals surface area contributed by atoms with Gasteiger partial charge in [0.05, 0.1) is 23.3 Å². The summed E-state index contributed by atoms with van der Waals surface area (Å²) in [6.45, 7) is 0. The summed E-state index contributed by atoms with van der Waals surface area (Å²) in [5.74, 6) is 2.61. The number of hydrogen-bond acceptors (Lipinski definition) is 3. The molecule has 2 aromatic heterocycles. The van der Waals surface area contributed by atoms with Gasteiger partial charge in [-0.3, -0.25) is 4.79 Å². The van der Waals surface area contributed by atoms with Crippen LogP contribution in [0.25, 0.3) is 22.8 Å². The fourth-order valence-corrected chi connectivity index (χ4v) is 2.73. The zero-order valence-electron chi connectivity index (χ0n) is 13.8. The van der Waals surface area contributed by atoms with Crippen molar-refractivity contribution in [1.82, 2.24) is 19.6 Å². The highest BCUT2D eigenvalue weighted by atomic mass is 16.1. The van der Waals surface area contributed by atoms with Crippen molar-refractivity contribution in [2.24, 2.45) is 0 Å². The third-order valence-corrected chi connectivity index (χ3v) is 3.97. The summed E-state index contributed by atoms with van der Waals surface area (Å²) in [4.78, 5) is 12.5. The zero-order chi connectivity index (χ0) is 17.9. The van der Waals surface area contributed by atoms with E-state index in [-0.39, 0.29) is 5.43 Å². The van der Waals surface area contributed by atoms with E-state index in [0.29, 0.717) is 11.4 Å². The first-order valence-corrected chi connectivity index (χ1v) is 8.03. The van der Waals surface area contributed by atoms with Gasteiger partial charge in [-0.25, -0.2) is 9.36 Å². The Morgan fingerprint density at radius 3 is 2.54 bits per heavy atom. The summed E-state index contributed by atoms with van der Waals surface area (Å²) in [7, 11) is 0. The predicted octanol–water partition coefficient (Wildman–Crippen LogP) is 3.07. The average molecular weight is 338 g/mol. The van der Waals surface area contributed by atoms with Crippen molar-refractivity contribution >= 4 is 0 Å². The first kappa shape index (κ1) is 15.6. The zero-order valence-corrected chi connectivity index (χ0v) is 13.8. The molecule has 0 radical (unpaired) electrons. The van der Waals surface area contributed by atoms with Crippen LogP contribution < -0.4 is 5.43 Å². The Hall–Kier alpha value is -3.91. The van der Waals surface area contributed by atoms with E-state index in [1.807, 2.05) is 54.6 Å². The third kappa shape index (κ3) is 2.80. The number of para-hydroxylation sites is 1. The number of aromatic nitrogens is 4. The van der Waals surface area contributed by atoms with Crippen molar-refractivity contribution in [2.45, 2.75) is 0 Å². The molecule has 0 atom stereocenters. The van der Waals surface area contributed by atoms with Gasteiger partial charge >= 0.3 is 0 Å². The second-order valence-corrected chi connectivity index (χ2v) is 5.63. The van der Waals surface area contributed by atoms with E-state index >= 15 is 0 Å². The van der Waals surface area contributed by atoms with E-state index in [9.17, 15) is 4.79 Å². The van der Waals surface area contributed by atoms with E-state index in [0.717, 1.165) is 16.9 Å². The number of benzene rings is 2. The van der Waals surface area contributed by atoms with E-state index in [4.69, 9.17) is 6.42 Å². The SMILES string of the molecule is C#Cc1cccc(-n2nccc2-c2nn(-c3ccccc3)ccc2=O)c1. The molecule has 5 heteroatoms. The molecule has 0 aliphatic rings. The summed E-state index contributed by atoms with van der Waals surface area (Å²) in [5.41, 5.74) is 3.14. The Labute approximate surface area is 150 Å². The monoisotopic (exact) mass is 338 g/mol. The topological polar surface area (TPSA) is 52.7 Å². The first-order chi connectivity index (χ1) is 12.8. The highest BCUT2D eigenvalue weighted by Gasteiger charge is 2.13. The van der Waals surface area contributed by atoms with Gasteiger partial charge in [0.1, 0.15) is 0 Å². The standard InChI is InChI=1S/C21H14N4O/c1-2-16-7-6-10-18(15-16)25-19(11-13-22-25)21-20(26)12-14-24(23-21)17-8-4-3-5-9-17/h1,3-15H. The molecule has 2 aromatic carbocycles. The van der Waals surface area contributed by atoms with Crippen molar-refractivity contribution < 1.29 is 0 Å². The van der Waals surface area contributed by atoms with Crippen LogP contribution in [-0.2, 0) is 0 Å². The highest BCUT2D eigenvalue weighted by molar-refractivity contribution is 5.58. The van der Waals surface area contributed by atoms with Gasteiger partial charge in [-0.1, -0.05) is 30.2 Å². The third-order valence-electron chi connectivity index (χ3n) is 3.97. The first-order valence-electron chi connectivity index (χ1n) is 8.03. The minimum Gasteiger partial charge on any atom is -0.287 e. The molecule has 0 unspecified atom stereocenters. The molecule has 0 saturated carbocycles. The van der Waals surface area contributed by atoms with Crippen LogP contribution in [0.5, 0.6) is 0 Å². The molecule has 4 aromatic rings. The molecular weight excluding hydrogens is 324 g/mol. The minimum absolute atomic E-state index is 0.174. The lowest BCUT2D eigenvalue weighted by atomic mass is 10.2. The van der Waals surface area contributed by atoms with Crippen LogP contribution in [0.15, 0.2) is 83.9 Å². The van der Waals surface area contributed by atoms with Gasteiger partial charge in [-0.2, -0.15) is 10.2 Å². The van der Waals surface area contributed by atoms with E-state index in [1.165, 1.54) is 6.07 Å². The molecule has 26 heavy (non-hydrogen) atoms. The molecule has 0 aliphatic carbocycles. The van der Waals surface area contributed by atoms with Crippen LogP contribution in [0.3, 0.4) is 0 Å². The highest BCUT2D eigenvalue weighted by Crippen LogP contribution is 2.19. The Bertz CT molecular complexity index is 1170. The van der Waals surface area contributed by atoms with Crippen molar-refractivity contribution in [2.75, 3.05) is 0 Å². The van der Waals surface area contributed by atoms with E-state index in [1.54, 1.807) is 27.8 Å². The van der Waals surface area contributed by atoms with Crippen LogP contribution >= 0.6 is 0 Å². The molecule has 0 aliphatic heterocycles. The molecule has 124 valence electrons. The van der Waals surface area contributed by atoms with Crippen molar-refractivity contribution in [1.29, 1.82) is 0 Å². The number of rotatable bonds is 3. The van der Waals surface area contributed by atoms with Crippen LogP contribution in [0.4, 0.5) is 0 Å². The van der Waals surface area contributed by atoms with Gasteiger partial charge in [0.25, 0.3) is 0 Å². The summed E-state index contributed by atoms with van der Waals surface area (Å²) >= 11 is 0. The number of hydrogen-bond donors (Lipinski definition) is 0. The maximum atomic E-state index is 12.5. The summed E-state index contributed by atoms with van der Waals surface area (Å²) in [6.07, 6.45) is 8.78. The minimum atomic E-state index is -0.174. The van der Waals surface area contributed by atoms with Crippen molar-refractivity contribution in [3.63, 3.8) is 0 Å². The lowest BCUT2D eigenvalue weighted by molar-refractivity contribution is 0.823. The second-order valence-electron chi connectivity index (χ2n) is 5.63. The molecule has 0 spiro atoms. The maximum Gasteiger partial charge on any atom is 0.209 e. The summed E-state index contributed by atoms with van der Waals surface area (Å²) in [6, 6.07) is 20.3. The largest absolute Gasteiger partial charge is 0.287 e. The number of terminal acetylenes is 1. The normalized spacial score (nSPS) is 10.4. The summed E-state index contributed by atoms with van der Waals surface area (Å²) in [5, 5.41) is 8.86. The fourth-order valence-electron chi connectivity index (χ4n) is 2.73. The van der Waals surface area contributed by atoms with Crippen molar-refractivity contribution in [3.05, 3.63) is 94.9 Å². The molecular formula is C21H14N4O. The smallest absolute Gasteiger partial charge is 0.209 e. The Morgan fingerprint density at radius 1 is 0.923 bits per heavy atom. The van der Waals surface area contributed by atoms with Crippen molar-refractivity contribution in [3.8, 4) is 35.1 Å². The second kappa shape index (κ2) is 6.54. The van der Waals surface area contributed by atoms with Gasteiger partial charge in [-0.15, -0.1) is 6.42 Å². The Kier molecular flexibility index (Phi) is 3.92. The predicted molar refractivity (Wildman–Crippen MR) is 100 cm³/mol. The summed E-state index contributed by atoms with van der Waals surface area (Å²) < 4.78 is 3.34. The maximum absolute atomic E-state index is 12.5. The molecule has 0 saturated heterocycles. The average Bonchev–Trinajstić information content (AvgIpc) is 3.19. The molecule has 0 amide bonds. The lowest BCUT2D eigenvalue weighted by Crippen LogP contribution is -2.14. The van der Waals surface area contributed by atoms with Crippen LogP contribution in [-0.4, -0.2) is 19.6 Å². The molecule has 0 N–H and O–H groups in total. The van der Waals surface area contributed by atoms with Gasteiger partial charge < -0.3 is 0 Å². The fraction of sp³-hybridized carbons (Fsp3) is 0. The Balaban J connectivity index is 1.86. The van der Waals surface area contributed by atoms with Gasteiger partial charge in [0, 0.05) is 17.8 Å². The molecule has 0 fully saturated rings. The quantitative estimate of drug-likeness (QED) is 0.540. The molecule has 5 nitrogen and oxygen atoms in total. The van der Waals surface area contributed by atoms with E-state index < -0.39 is 0 Å². The molecule has 4 rings (SSSR count). The molecule has 2 heterocycles. The van der Waals surface area contributed by atoms with Gasteiger partial charge in [0.15, 0.2) is 5.69 Å². The van der Waals surface area contributed by atoms with E-state index in [2.05, 4.69) is 16.1 Å². The van der Waals surface area contributed by atoms with Crippen LogP contribution in [0.1, 0.15) is 5.56 Å².